The third kappa shape index (κ3) is 10.9. The third-order valence-corrected chi connectivity index (χ3v) is 15.3. The Morgan fingerprint density at radius 3 is 2.01 bits per heavy atom. The van der Waals surface area contributed by atoms with Gasteiger partial charge in [0, 0.05) is 17.2 Å². The van der Waals surface area contributed by atoms with Crippen molar-refractivity contribution >= 4 is 51.7 Å². The Balaban J connectivity index is 0.900. The number of carbonyl (C=O) groups excluding carboxylic acids is 2. The molecule has 17 nitrogen and oxygen atoms in total. The maximum Gasteiger partial charge on any atom is 0.352 e. The van der Waals surface area contributed by atoms with Gasteiger partial charge in [-0.25, -0.2) is 9.78 Å². The summed E-state index contributed by atoms with van der Waals surface area (Å²) in [4.78, 5) is 51.9. The summed E-state index contributed by atoms with van der Waals surface area (Å²) in [7, 11) is 1.59. The fourth-order valence-electron chi connectivity index (χ4n) is 9.48. The van der Waals surface area contributed by atoms with Crippen LogP contribution in [-0.4, -0.2) is 67.9 Å². The zero-order chi connectivity index (χ0) is 55.0. The summed E-state index contributed by atoms with van der Waals surface area (Å²) >= 11 is 2.55. The highest BCUT2D eigenvalue weighted by molar-refractivity contribution is 8.00. The predicted octanol–water partition coefficient (Wildman–Crippen LogP) is 9.88. The van der Waals surface area contributed by atoms with Crippen molar-refractivity contribution in [2.75, 3.05) is 18.2 Å². The standard InChI is InChI=1S/C61H49N7O10S2/c1-74-45-29-27-39(28-30-45)36-75-52-35-67(73)50(34-51(52)77-55(40-17-7-2-8-18-40)41-19-9-3-10-20-41)47-33-46(78-65-47)37-76-66-53(56(69)63-54-57(70)68-49(59(71)72)31-32-79-58(54)68)48-38-80-60(62-48)64-61(42-21-11-4-12-22-42,43-23-13-5-14-24-43)44-25-15-6-16-26-44/h2-31,33-35,38,54-55,58H,32,36-37H2,1H3,(H,62,64)(H,63,69)(H,71,72)/b66-53-/t54-,58-/m1/s1. The number of aliphatic carboxylic acids is 1. The number of fused-ring (bicyclic) bond motifs is 1. The SMILES string of the molecule is COc1ccc(COc2c[n+]([O-])c(-c3cc(CO/N=C(\C(=O)N[C@@H]4C(=O)N5C(C(=O)O)=CCS[C@H]45)c4csc(NC(c5ccccc5)(c5ccccc5)c5ccccc5)n4)on3)cc2OC(c2ccccc2)c2ccccc2)cc1. The van der Waals surface area contributed by atoms with Gasteiger partial charge in [-0.05, 0) is 51.6 Å². The summed E-state index contributed by atoms with van der Waals surface area (Å²) in [5.41, 5.74) is 4.23. The van der Waals surface area contributed by atoms with Crippen LogP contribution in [0.4, 0.5) is 5.13 Å². The van der Waals surface area contributed by atoms with E-state index in [1.165, 1.54) is 47.5 Å². The van der Waals surface area contributed by atoms with Gasteiger partial charge in [0.25, 0.3) is 11.8 Å². The number of rotatable bonds is 21. The molecule has 2 amide bonds. The number of benzene rings is 6. The first-order valence-corrected chi connectivity index (χ1v) is 27.1. The van der Waals surface area contributed by atoms with Gasteiger partial charge in [0.2, 0.25) is 17.6 Å². The van der Waals surface area contributed by atoms with E-state index in [0.29, 0.717) is 21.4 Å². The van der Waals surface area contributed by atoms with Crippen molar-refractivity contribution in [3.8, 4) is 28.6 Å². The van der Waals surface area contributed by atoms with E-state index in [9.17, 15) is 24.7 Å². The number of pyridine rings is 1. The molecule has 6 aromatic carbocycles. The fourth-order valence-corrected chi connectivity index (χ4v) is 11.4. The molecule has 2 aliphatic rings. The van der Waals surface area contributed by atoms with Gasteiger partial charge in [-0.2, -0.15) is 4.73 Å². The molecule has 0 bridgehead atoms. The molecule has 1 fully saturated rings. The number of nitrogens with one attached hydrogen (secondary N) is 2. The molecular formula is C61H49N7O10S2. The highest BCUT2D eigenvalue weighted by Crippen LogP contribution is 2.42. The van der Waals surface area contributed by atoms with Crippen LogP contribution in [0.25, 0.3) is 11.4 Å². The highest BCUT2D eigenvalue weighted by atomic mass is 32.2. The highest BCUT2D eigenvalue weighted by Gasteiger charge is 2.53. The Hall–Kier alpha value is -9.72. The molecule has 3 N–H and O–H groups in total. The molecule has 0 radical (unpaired) electrons. The number of nitrogens with zero attached hydrogens (tertiary/aromatic N) is 5. The van der Waals surface area contributed by atoms with Gasteiger partial charge >= 0.3 is 5.97 Å². The van der Waals surface area contributed by atoms with E-state index in [2.05, 4.69) is 20.9 Å². The molecule has 5 heterocycles. The van der Waals surface area contributed by atoms with Crippen LogP contribution in [0.1, 0.15) is 50.9 Å². The van der Waals surface area contributed by atoms with E-state index < -0.39 is 40.8 Å². The Kier molecular flexibility index (Phi) is 15.4. The third-order valence-electron chi connectivity index (χ3n) is 13.4. The molecule has 0 aliphatic carbocycles. The largest absolute Gasteiger partial charge is 0.618 e. The lowest BCUT2D eigenvalue weighted by Gasteiger charge is -2.48. The number of hydrogen-bond acceptors (Lipinski definition) is 15. The number of thioether (sulfide) groups is 1. The van der Waals surface area contributed by atoms with E-state index >= 15 is 0 Å². The number of oxime groups is 1. The molecule has 0 unspecified atom stereocenters. The van der Waals surface area contributed by atoms with Crippen molar-refractivity contribution in [3.05, 3.63) is 261 Å². The van der Waals surface area contributed by atoms with Crippen molar-refractivity contribution in [1.29, 1.82) is 0 Å². The van der Waals surface area contributed by atoms with Gasteiger partial charge in [0.15, 0.2) is 34.7 Å². The first-order valence-electron chi connectivity index (χ1n) is 25.2. The number of amides is 2. The van der Waals surface area contributed by atoms with Gasteiger partial charge in [-0.15, -0.1) is 23.1 Å². The number of carbonyl (C=O) groups is 3. The van der Waals surface area contributed by atoms with Crippen LogP contribution in [0.5, 0.6) is 17.2 Å². The second-order valence-corrected chi connectivity index (χ2v) is 20.4. The lowest BCUT2D eigenvalue weighted by Crippen LogP contribution is -2.70. The second kappa shape index (κ2) is 23.5. The molecule has 80 heavy (non-hydrogen) atoms. The van der Waals surface area contributed by atoms with E-state index in [-0.39, 0.29) is 59.0 Å². The maximum absolute atomic E-state index is 14.5. The number of anilines is 1. The first kappa shape index (κ1) is 52.3. The number of hydrogen-bond donors (Lipinski definition) is 3. The predicted molar refractivity (Wildman–Crippen MR) is 301 cm³/mol. The normalized spacial score (nSPS) is 15.0. The summed E-state index contributed by atoms with van der Waals surface area (Å²) in [5, 5.41) is 40.2. The zero-order valence-electron chi connectivity index (χ0n) is 42.7. The quantitative estimate of drug-likeness (QED) is 0.0153. The van der Waals surface area contributed by atoms with Crippen molar-refractivity contribution in [1.82, 2.24) is 20.4 Å². The first-order chi connectivity index (χ1) is 39.2. The van der Waals surface area contributed by atoms with Crippen LogP contribution >= 0.6 is 23.1 Å². The topological polar surface area (TPSA) is 214 Å². The van der Waals surface area contributed by atoms with E-state index in [1.807, 2.05) is 176 Å². The number of methoxy groups -OCH3 is 1. The minimum Gasteiger partial charge on any atom is -0.618 e. The van der Waals surface area contributed by atoms with Crippen LogP contribution in [0.3, 0.4) is 0 Å². The van der Waals surface area contributed by atoms with Crippen LogP contribution in [-0.2, 0) is 38.0 Å². The summed E-state index contributed by atoms with van der Waals surface area (Å²) < 4.78 is 24.7. The van der Waals surface area contributed by atoms with Gasteiger partial charge in [0.05, 0.1) is 13.2 Å². The molecule has 0 spiro atoms. The second-order valence-electron chi connectivity index (χ2n) is 18.3. The minimum atomic E-state index is -1.25. The van der Waals surface area contributed by atoms with Crippen LogP contribution in [0, 0.1) is 5.21 Å². The molecule has 9 aromatic rings. The molecule has 3 aromatic heterocycles. The van der Waals surface area contributed by atoms with E-state index in [4.69, 9.17) is 28.6 Å². The number of carboxylic acid groups (broad SMARTS) is 1. The summed E-state index contributed by atoms with van der Waals surface area (Å²) in [6.45, 7) is -0.256. The lowest BCUT2D eigenvalue weighted by atomic mass is 9.77. The van der Waals surface area contributed by atoms with E-state index in [0.717, 1.165) is 38.3 Å². The molecule has 0 saturated carbocycles. The fraction of sp³-hybridized carbons (Fsp3) is 0.131. The van der Waals surface area contributed by atoms with Crippen molar-refractivity contribution in [3.63, 3.8) is 0 Å². The molecule has 2 atom stereocenters. The number of β-lactam (4-membered cyclic amide) rings is 1. The molecule has 400 valence electrons. The van der Waals surface area contributed by atoms with Gasteiger partial charge < -0.3 is 44.5 Å². The minimum absolute atomic E-state index is 0.0658. The van der Waals surface area contributed by atoms with Gasteiger partial charge in [-0.1, -0.05) is 174 Å². The zero-order valence-corrected chi connectivity index (χ0v) is 44.3. The molecule has 19 heteroatoms. The van der Waals surface area contributed by atoms with Gasteiger partial charge in [-0.3, -0.25) is 14.5 Å². The molecule has 2 aliphatic heterocycles. The molecule has 1 saturated heterocycles. The Morgan fingerprint density at radius 2 is 1.43 bits per heavy atom. The van der Waals surface area contributed by atoms with E-state index in [1.54, 1.807) is 12.5 Å². The van der Waals surface area contributed by atoms with Crippen molar-refractivity contribution < 1.29 is 47.8 Å². The molecule has 11 rings (SSSR count). The Morgan fingerprint density at radius 1 is 0.825 bits per heavy atom. The van der Waals surface area contributed by atoms with Crippen LogP contribution in [0.15, 0.2) is 221 Å². The average Bonchev–Trinajstić information content (AvgIpc) is 4.19. The Labute approximate surface area is 467 Å². The number of aromatic nitrogens is 3. The lowest BCUT2D eigenvalue weighted by molar-refractivity contribution is -0.594. The number of carboxylic acids is 1. The summed E-state index contributed by atoms with van der Waals surface area (Å²) in [5.74, 6) is -1.07. The number of thiazole rings is 1. The van der Waals surface area contributed by atoms with Crippen LogP contribution < -0.4 is 29.6 Å². The summed E-state index contributed by atoms with van der Waals surface area (Å²) in [6, 6.07) is 58.5. The van der Waals surface area contributed by atoms with Crippen molar-refractivity contribution in [2.45, 2.75) is 36.3 Å². The maximum atomic E-state index is 14.5. The molecular weight excluding hydrogens is 1050 g/mol. The monoisotopic (exact) mass is 1100 g/mol. The Bertz CT molecular complexity index is 3560. The smallest absolute Gasteiger partial charge is 0.352 e. The van der Waals surface area contributed by atoms with Crippen molar-refractivity contribution in [2.24, 2.45) is 5.16 Å². The van der Waals surface area contributed by atoms with Crippen LogP contribution in [0.2, 0.25) is 0 Å². The summed E-state index contributed by atoms with van der Waals surface area (Å²) in [6.07, 6.45) is 2.13. The number of ether oxygens (including phenoxy) is 3. The van der Waals surface area contributed by atoms with Gasteiger partial charge in [0.1, 0.15) is 46.8 Å². The average molecular weight is 1100 g/mol.